The van der Waals surface area contributed by atoms with Crippen molar-refractivity contribution in [2.75, 3.05) is 18.0 Å². The predicted molar refractivity (Wildman–Crippen MR) is 131 cm³/mol. The maximum atomic E-state index is 12.5. The van der Waals surface area contributed by atoms with Gasteiger partial charge in [-0.15, -0.1) is 0 Å². The van der Waals surface area contributed by atoms with Crippen molar-refractivity contribution >= 4 is 35.1 Å². The maximum absolute atomic E-state index is 12.5. The van der Waals surface area contributed by atoms with Crippen LogP contribution in [0.3, 0.4) is 0 Å². The Bertz CT molecular complexity index is 1010. The van der Waals surface area contributed by atoms with Gasteiger partial charge in [0.25, 0.3) is 5.91 Å². The summed E-state index contributed by atoms with van der Waals surface area (Å²) in [7, 11) is 0. The molecule has 1 aromatic carbocycles. The fraction of sp³-hybridized carbons (Fsp3) is 0.333. The zero-order valence-corrected chi connectivity index (χ0v) is 20.0. The molecule has 0 saturated carbocycles. The van der Waals surface area contributed by atoms with Gasteiger partial charge in [-0.3, -0.25) is 9.78 Å². The molecule has 0 bridgehead atoms. The molecule has 0 saturated heterocycles. The van der Waals surface area contributed by atoms with Gasteiger partial charge < -0.3 is 10.2 Å². The lowest BCUT2D eigenvalue weighted by Crippen LogP contribution is -2.26. The number of carbonyl (C=O) groups is 1. The fourth-order valence-corrected chi connectivity index (χ4v) is 4.25. The number of hydrogen-bond acceptors (Lipinski definition) is 6. The van der Waals surface area contributed by atoms with Crippen molar-refractivity contribution in [2.24, 2.45) is 0 Å². The lowest BCUT2D eigenvalue weighted by Gasteiger charge is -2.22. The largest absolute Gasteiger partial charge is 0.356 e. The lowest BCUT2D eigenvalue weighted by atomic mass is 10.1. The number of amides is 1. The number of aromatic nitrogens is 3. The van der Waals surface area contributed by atoms with Gasteiger partial charge in [-0.05, 0) is 42.2 Å². The number of carbonyl (C=O) groups excluding carboxylic acids is 1. The minimum Gasteiger partial charge on any atom is -0.356 e. The molecule has 0 radical (unpaired) electrons. The van der Waals surface area contributed by atoms with Gasteiger partial charge in [0.2, 0.25) is 0 Å². The third-order valence-electron chi connectivity index (χ3n) is 4.70. The Hall–Kier alpha value is -2.64. The van der Waals surface area contributed by atoms with E-state index in [0.717, 1.165) is 42.9 Å². The number of thioether (sulfide) groups is 1. The normalized spacial score (nSPS) is 10.7. The SMILES string of the molecule is CCCN(CCC)c1cc(Cl)nc(SCc2cccc(C(=O)NCc3cccnc3)c2)n1. The fourth-order valence-electron chi connectivity index (χ4n) is 3.23. The van der Waals surface area contributed by atoms with Crippen molar-refractivity contribution in [3.05, 3.63) is 76.7 Å². The molecule has 1 amide bonds. The average molecular weight is 470 g/mol. The summed E-state index contributed by atoms with van der Waals surface area (Å²) in [5.74, 6) is 1.39. The van der Waals surface area contributed by atoms with Crippen LogP contribution in [0, 0.1) is 0 Å². The number of halogens is 1. The van der Waals surface area contributed by atoms with Crippen LogP contribution in [0.4, 0.5) is 5.82 Å². The summed E-state index contributed by atoms with van der Waals surface area (Å²) in [6.45, 7) is 6.61. The Morgan fingerprint density at radius 1 is 1.06 bits per heavy atom. The van der Waals surface area contributed by atoms with Gasteiger partial charge in [-0.2, -0.15) is 0 Å². The van der Waals surface area contributed by atoms with Crippen LogP contribution in [0.1, 0.15) is 48.2 Å². The molecule has 1 N–H and O–H groups in total. The Labute approximate surface area is 198 Å². The van der Waals surface area contributed by atoms with Crippen LogP contribution in [0.25, 0.3) is 0 Å². The van der Waals surface area contributed by atoms with E-state index in [1.165, 1.54) is 11.8 Å². The van der Waals surface area contributed by atoms with Gasteiger partial charge in [-0.1, -0.05) is 55.4 Å². The van der Waals surface area contributed by atoms with E-state index in [2.05, 4.69) is 34.0 Å². The first-order chi connectivity index (χ1) is 15.6. The van der Waals surface area contributed by atoms with Crippen LogP contribution in [-0.2, 0) is 12.3 Å². The van der Waals surface area contributed by atoms with Crippen LogP contribution < -0.4 is 10.2 Å². The van der Waals surface area contributed by atoms with E-state index in [9.17, 15) is 4.79 Å². The summed E-state index contributed by atoms with van der Waals surface area (Å²) < 4.78 is 0. The highest BCUT2D eigenvalue weighted by molar-refractivity contribution is 7.98. The Balaban J connectivity index is 1.64. The minimum atomic E-state index is -0.114. The van der Waals surface area contributed by atoms with Crippen molar-refractivity contribution in [1.29, 1.82) is 0 Å². The Morgan fingerprint density at radius 2 is 1.84 bits per heavy atom. The highest BCUT2D eigenvalue weighted by atomic mass is 35.5. The van der Waals surface area contributed by atoms with E-state index in [1.54, 1.807) is 12.4 Å². The van der Waals surface area contributed by atoms with Gasteiger partial charge in [0.15, 0.2) is 5.16 Å². The monoisotopic (exact) mass is 469 g/mol. The lowest BCUT2D eigenvalue weighted by molar-refractivity contribution is 0.0951. The molecular weight excluding hydrogens is 442 g/mol. The molecule has 32 heavy (non-hydrogen) atoms. The second-order valence-corrected chi connectivity index (χ2v) is 8.68. The molecule has 0 fully saturated rings. The summed E-state index contributed by atoms with van der Waals surface area (Å²) in [5, 5.41) is 4.01. The maximum Gasteiger partial charge on any atom is 0.251 e. The van der Waals surface area contributed by atoms with Gasteiger partial charge in [0, 0.05) is 49.4 Å². The van der Waals surface area contributed by atoms with Gasteiger partial charge in [0.1, 0.15) is 11.0 Å². The topological polar surface area (TPSA) is 71.0 Å². The third kappa shape index (κ3) is 7.21. The van der Waals surface area contributed by atoms with Crippen molar-refractivity contribution in [3.8, 4) is 0 Å². The van der Waals surface area contributed by atoms with E-state index in [-0.39, 0.29) is 5.91 Å². The number of pyridine rings is 1. The number of nitrogens with one attached hydrogen (secondary N) is 1. The molecule has 3 rings (SSSR count). The molecular formula is C24H28ClN5OS. The second-order valence-electron chi connectivity index (χ2n) is 7.35. The van der Waals surface area contributed by atoms with Gasteiger partial charge in [0.05, 0.1) is 0 Å². The molecule has 8 heteroatoms. The first-order valence-electron chi connectivity index (χ1n) is 10.8. The molecule has 0 spiro atoms. The van der Waals surface area contributed by atoms with E-state index < -0.39 is 0 Å². The number of rotatable bonds is 11. The van der Waals surface area contributed by atoms with E-state index in [1.807, 2.05) is 42.5 Å². The molecule has 2 heterocycles. The van der Waals surface area contributed by atoms with Crippen LogP contribution in [-0.4, -0.2) is 33.9 Å². The van der Waals surface area contributed by atoms with E-state index >= 15 is 0 Å². The number of nitrogens with zero attached hydrogens (tertiary/aromatic N) is 4. The van der Waals surface area contributed by atoms with Gasteiger partial charge >= 0.3 is 0 Å². The quantitative estimate of drug-likeness (QED) is 0.231. The summed E-state index contributed by atoms with van der Waals surface area (Å²) in [6, 6.07) is 13.2. The van der Waals surface area contributed by atoms with Crippen LogP contribution in [0.15, 0.2) is 60.0 Å². The predicted octanol–water partition coefficient (Wildman–Crippen LogP) is 5.37. The molecule has 0 aliphatic rings. The van der Waals surface area contributed by atoms with Crippen molar-refractivity contribution < 1.29 is 4.79 Å². The van der Waals surface area contributed by atoms with E-state index in [0.29, 0.717) is 28.2 Å². The van der Waals surface area contributed by atoms with Crippen LogP contribution in [0.5, 0.6) is 0 Å². The van der Waals surface area contributed by atoms with Crippen molar-refractivity contribution in [2.45, 2.75) is 44.1 Å². The second kappa shape index (κ2) is 12.4. The molecule has 0 aliphatic carbocycles. The first-order valence-corrected chi connectivity index (χ1v) is 12.1. The molecule has 6 nitrogen and oxygen atoms in total. The molecule has 168 valence electrons. The highest BCUT2D eigenvalue weighted by Crippen LogP contribution is 2.25. The van der Waals surface area contributed by atoms with Crippen molar-refractivity contribution in [1.82, 2.24) is 20.3 Å². The van der Waals surface area contributed by atoms with Crippen molar-refractivity contribution in [3.63, 3.8) is 0 Å². The van der Waals surface area contributed by atoms with Gasteiger partial charge in [-0.25, -0.2) is 9.97 Å². The smallest absolute Gasteiger partial charge is 0.251 e. The zero-order valence-electron chi connectivity index (χ0n) is 18.4. The molecule has 0 atom stereocenters. The molecule has 2 aromatic heterocycles. The Morgan fingerprint density at radius 3 is 2.56 bits per heavy atom. The molecule has 3 aromatic rings. The standard InChI is InChI=1S/C24H28ClN5OS/c1-3-11-30(12-4-2)22-14-21(25)28-24(29-22)32-17-18-7-5-9-20(13-18)23(31)27-16-19-8-6-10-26-15-19/h5-10,13-15H,3-4,11-12,16-17H2,1-2H3,(H,27,31). The Kier molecular flexibility index (Phi) is 9.31. The number of hydrogen-bond donors (Lipinski definition) is 1. The average Bonchev–Trinajstić information content (AvgIpc) is 2.81. The third-order valence-corrected chi connectivity index (χ3v) is 5.82. The summed E-state index contributed by atoms with van der Waals surface area (Å²) in [4.78, 5) is 27.9. The first kappa shape index (κ1) is 24.0. The minimum absolute atomic E-state index is 0.114. The number of benzene rings is 1. The highest BCUT2D eigenvalue weighted by Gasteiger charge is 2.12. The van der Waals surface area contributed by atoms with Crippen LogP contribution >= 0.6 is 23.4 Å². The summed E-state index contributed by atoms with van der Waals surface area (Å²) in [6.07, 6.45) is 5.54. The van der Waals surface area contributed by atoms with Crippen LogP contribution in [0.2, 0.25) is 5.15 Å². The van der Waals surface area contributed by atoms with E-state index in [4.69, 9.17) is 16.6 Å². The molecule has 0 aliphatic heterocycles. The number of anilines is 1. The summed E-state index contributed by atoms with van der Waals surface area (Å²) >= 11 is 7.79. The summed E-state index contributed by atoms with van der Waals surface area (Å²) in [5.41, 5.74) is 2.60. The molecule has 0 unspecified atom stereocenters. The zero-order chi connectivity index (χ0) is 22.8.